The lowest BCUT2D eigenvalue weighted by Crippen LogP contribution is -2.49. The average molecular weight is 428 g/mol. The first-order chi connectivity index (χ1) is 14.6. The van der Waals surface area contributed by atoms with Crippen LogP contribution in [0.1, 0.15) is 54.7 Å². The highest BCUT2D eigenvalue weighted by Crippen LogP contribution is 2.23. The number of aromatic nitrogens is 2. The van der Waals surface area contributed by atoms with Crippen molar-refractivity contribution in [2.45, 2.75) is 64.8 Å². The number of nitrogens with one attached hydrogen (secondary N) is 1. The van der Waals surface area contributed by atoms with Crippen LogP contribution >= 0.6 is 11.3 Å². The summed E-state index contributed by atoms with van der Waals surface area (Å²) in [5, 5.41) is 5.66. The number of nitrogens with zero attached hydrogens (tertiary/aromatic N) is 4. The summed E-state index contributed by atoms with van der Waals surface area (Å²) in [6, 6.07) is 4.68. The Bertz CT molecular complexity index is 853. The lowest BCUT2D eigenvalue weighted by Gasteiger charge is -2.35. The number of carbonyl (C=O) groups is 1. The molecule has 0 radical (unpaired) electrons. The molecule has 4 rings (SSSR count). The summed E-state index contributed by atoms with van der Waals surface area (Å²) in [5.74, 6) is 1.99. The summed E-state index contributed by atoms with van der Waals surface area (Å²) in [4.78, 5) is 27.7. The fourth-order valence-corrected chi connectivity index (χ4v) is 5.34. The molecule has 0 aromatic carbocycles. The molecule has 2 aromatic rings. The van der Waals surface area contributed by atoms with Crippen LogP contribution in [0.2, 0.25) is 0 Å². The highest BCUT2D eigenvalue weighted by atomic mass is 32.1. The zero-order valence-electron chi connectivity index (χ0n) is 18.2. The summed E-state index contributed by atoms with van der Waals surface area (Å²) < 4.78 is 0. The van der Waals surface area contributed by atoms with E-state index in [1.54, 1.807) is 11.3 Å². The molecule has 1 saturated heterocycles. The fraction of sp³-hybridized carbons (Fsp3) is 0.609. The van der Waals surface area contributed by atoms with E-state index in [-0.39, 0.29) is 5.91 Å². The standard InChI is InChI=1S/C23H33N5OS/c1-17-10-15-30-20(17)8-9-22(29)28-13-11-27(12-14-28)21-16-18(2)24-23(26-21)25-19-6-4-3-5-7-19/h10,15-16,19H,3-9,11-14H2,1-2H3,(H,24,25,26). The minimum absolute atomic E-state index is 0.265. The molecule has 1 N–H and O–H groups in total. The largest absolute Gasteiger partial charge is 0.353 e. The Labute approximate surface area is 183 Å². The average Bonchev–Trinajstić information content (AvgIpc) is 3.17. The third-order valence-electron chi connectivity index (χ3n) is 6.27. The number of anilines is 2. The maximum absolute atomic E-state index is 12.7. The molecular formula is C23H33N5OS. The van der Waals surface area contributed by atoms with Gasteiger partial charge in [0.1, 0.15) is 5.82 Å². The van der Waals surface area contributed by atoms with Gasteiger partial charge in [0.2, 0.25) is 11.9 Å². The van der Waals surface area contributed by atoms with Gasteiger partial charge in [0.05, 0.1) is 0 Å². The van der Waals surface area contributed by atoms with Crippen LogP contribution in [-0.2, 0) is 11.2 Å². The second kappa shape index (κ2) is 9.77. The summed E-state index contributed by atoms with van der Waals surface area (Å²) in [6.07, 6.45) is 7.79. The van der Waals surface area contributed by atoms with Crippen LogP contribution in [0.3, 0.4) is 0 Å². The molecule has 2 fully saturated rings. The number of hydrogen-bond donors (Lipinski definition) is 1. The van der Waals surface area contributed by atoms with Crippen LogP contribution in [0.25, 0.3) is 0 Å². The molecule has 0 unspecified atom stereocenters. The van der Waals surface area contributed by atoms with Gasteiger partial charge in [-0.05, 0) is 50.1 Å². The third kappa shape index (κ3) is 5.31. The molecule has 0 atom stereocenters. The number of amides is 1. The van der Waals surface area contributed by atoms with Crippen LogP contribution in [0.15, 0.2) is 17.5 Å². The molecule has 2 aliphatic rings. The Kier molecular flexibility index (Phi) is 6.87. The molecule has 1 amide bonds. The minimum Gasteiger partial charge on any atom is -0.353 e. The SMILES string of the molecule is Cc1cc(N2CCN(C(=O)CCc3sccc3C)CC2)nc(NC2CCCCC2)n1. The first kappa shape index (κ1) is 21.1. The maximum Gasteiger partial charge on any atom is 0.225 e. The zero-order valence-corrected chi connectivity index (χ0v) is 19.0. The zero-order chi connectivity index (χ0) is 20.9. The molecule has 1 aliphatic heterocycles. The van der Waals surface area contributed by atoms with Crippen LogP contribution in [-0.4, -0.2) is 53.0 Å². The summed E-state index contributed by atoms with van der Waals surface area (Å²) in [5.41, 5.74) is 2.29. The molecular weight excluding hydrogens is 394 g/mol. The van der Waals surface area contributed by atoms with Crippen LogP contribution in [0.5, 0.6) is 0 Å². The Balaban J connectivity index is 1.31. The van der Waals surface area contributed by atoms with Crippen molar-refractivity contribution in [1.82, 2.24) is 14.9 Å². The van der Waals surface area contributed by atoms with Crippen molar-refractivity contribution in [3.8, 4) is 0 Å². The Morgan fingerprint density at radius 1 is 1.13 bits per heavy atom. The van der Waals surface area contributed by atoms with E-state index >= 15 is 0 Å². The predicted molar refractivity (Wildman–Crippen MR) is 123 cm³/mol. The number of hydrogen-bond acceptors (Lipinski definition) is 6. The van der Waals surface area contributed by atoms with Gasteiger partial charge in [0.25, 0.3) is 0 Å². The van der Waals surface area contributed by atoms with Gasteiger partial charge in [0.15, 0.2) is 0 Å². The van der Waals surface area contributed by atoms with Crippen LogP contribution < -0.4 is 10.2 Å². The lowest BCUT2D eigenvalue weighted by molar-refractivity contribution is -0.131. The van der Waals surface area contributed by atoms with Crippen molar-refractivity contribution >= 4 is 29.0 Å². The Morgan fingerprint density at radius 3 is 2.60 bits per heavy atom. The first-order valence-corrected chi connectivity index (χ1v) is 12.1. The Morgan fingerprint density at radius 2 is 1.90 bits per heavy atom. The highest BCUT2D eigenvalue weighted by Gasteiger charge is 2.23. The molecule has 0 spiro atoms. The Hall–Kier alpha value is -2.15. The quantitative estimate of drug-likeness (QED) is 0.749. The molecule has 1 saturated carbocycles. The van der Waals surface area contributed by atoms with Gasteiger partial charge in [-0.3, -0.25) is 4.79 Å². The molecule has 6 nitrogen and oxygen atoms in total. The van der Waals surface area contributed by atoms with Crippen molar-refractivity contribution in [1.29, 1.82) is 0 Å². The fourth-order valence-electron chi connectivity index (χ4n) is 4.43. The van der Waals surface area contributed by atoms with Crippen LogP contribution in [0.4, 0.5) is 11.8 Å². The van der Waals surface area contributed by atoms with Gasteiger partial charge < -0.3 is 15.1 Å². The molecule has 2 aromatic heterocycles. The van der Waals surface area contributed by atoms with Gasteiger partial charge in [-0.2, -0.15) is 4.98 Å². The van der Waals surface area contributed by atoms with Crippen molar-refractivity contribution in [2.75, 3.05) is 36.4 Å². The van der Waals surface area contributed by atoms with E-state index in [9.17, 15) is 4.79 Å². The summed E-state index contributed by atoms with van der Waals surface area (Å²) in [7, 11) is 0. The van der Waals surface area contributed by atoms with E-state index < -0.39 is 0 Å². The maximum atomic E-state index is 12.7. The van der Waals surface area contributed by atoms with E-state index in [2.05, 4.69) is 39.6 Å². The second-order valence-electron chi connectivity index (χ2n) is 8.57. The predicted octanol–water partition coefficient (Wildman–Crippen LogP) is 4.18. The van der Waals surface area contributed by atoms with Crippen molar-refractivity contribution in [3.05, 3.63) is 33.6 Å². The molecule has 0 bridgehead atoms. The van der Waals surface area contributed by atoms with E-state index in [0.29, 0.717) is 12.5 Å². The van der Waals surface area contributed by atoms with Crippen molar-refractivity contribution in [2.24, 2.45) is 0 Å². The van der Waals surface area contributed by atoms with E-state index in [1.807, 2.05) is 11.8 Å². The monoisotopic (exact) mass is 427 g/mol. The summed E-state index contributed by atoms with van der Waals surface area (Å²) in [6.45, 7) is 7.32. The molecule has 3 heterocycles. The van der Waals surface area contributed by atoms with Gasteiger partial charge in [-0.15, -0.1) is 11.3 Å². The van der Waals surface area contributed by atoms with E-state index in [1.165, 1.54) is 42.5 Å². The summed E-state index contributed by atoms with van der Waals surface area (Å²) >= 11 is 1.75. The molecule has 30 heavy (non-hydrogen) atoms. The smallest absolute Gasteiger partial charge is 0.225 e. The van der Waals surface area contributed by atoms with E-state index in [4.69, 9.17) is 4.98 Å². The third-order valence-corrected chi connectivity index (χ3v) is 7.35. The molecule has 162 valence electrons. The first-order valence-electron chi connectivity index (χ1n) is 11.3. The van der Waals surface area contributed by atoms with Gasteiger partial charge in [-0.1, -0.05) is 19.3 Å². The molecule has 1 aliphatic carbocycles. The van der Waals surface area contributed by atoms with Gasteiger partial charge in [-0.25, -0.2) is 4.98 Å². The minimum atomic E-state index is 0.265. The molecule has 7 heteroatoms. The number of aryl methyl sites for hydroxylation is 3. The van der Waals surface area contributed by atoms with E-state index in [0.717, 1.165) is 50.1 Å². The topological polar surface area (TPSA) is 61.4 Å². The van der Waals surface area contributed by atoms with Gasteiger partial charge in [0, 0.05) is 55.3 Å². The van der Waals surface area contributed by atoms with Crippen LogP contribution in [0, 0.1) is 13.8 Å². The number of rotatable bonds is 6. The number of carbonyl (C=O) groups excluding carboxylic acids is 1. The van der Waals surface area contributed by atoms with Crippen molar-refractivity contribution in [3.63, 3.8) is 0 Å². The lowest BCUT2D eigenvalue weighted by atomic mass is 9.96. The van der Waals surface area contributed by atoms with Gasteiger partial charge >= 0.3 is 0 Å². The highest BCUT2D eigenvalue weighted by molar-refractivity contribution is 7.10. The van der Waals surface area contributed by atoms with Crippen molar-refractivity contribution < 1.29 is 4.79 Å². The number of piperazine rings is 1. The normalized spacial score (nSPS) is 17.9. The number of thiophene rings is 1. The second-order valence-corrected chi connectivity index (χ2v) is 9.57.